The summed E-state index contributed by atoms with van der Waals surface area (Å²) in [6.45, 7) is 0. The van der Waals surface area contributed by atoms with Gasteiger partial charge in [0.1, 0.15) is 17.6 Å². The summed E-state index contributed by atoms with van der Waals surface area (Å²) in [5, 5.41) is 11.6. The number of anilines is 1. The maximum absolute atomic E-state index is 13.5. The summed E-state index contributed by atoms with van der Waals surface area (Å²) < 4.78 is 30.0. The molecule has 1 unspecified atom stereocenters. The molecular weight excluding hydrogens is 453 g/mol. The lowest BCUT2D eigenvalue weighted by molar-refractivity contribution is -0.117. The van der Waals surface area contributed by atoms with Crippen molar-refractivity contribution < 1.29 is 32.7 Å². The Hall–Kier alpha value is -4.04. The SMILES string of the molecule is COc1cc(Cl)cc2cc(C(=O)C3=C(O)C(=O)N(c4ccc(F)cc4)C3c3ccco3)oc12. The zero-order valence-corrected chi connectivity index (χ0v) is 17.8. The minimum absolute atomic E-state index is 0.127. The van der Waals surface area contributed by atoms with E-state index >= 15 is 0 Å². The molecule has 2 aromatic heterocycles. The molecule has 3 heterocycles. The normalized spacial score (nSPS) is 16.2. The van der Waals surface area contributed by atoms with Gasteiger partial charge in [0.2, 0.25) is 5.78 Å². The van der Waals surface area contributed by atoms with Gasteiger partial charge in [-0.05, 0) is 48.5 Å². The molecule has 0 bridgehead atoms. The summed E-state index contributed by atoms with van der Waals surface area (Å²) in [4.78, 5) is 27.7. The molecule has 1 N–H and O–H groups in total. The van der Waals surface area contributed by atoms with Crippen LogP contribution in [0.25, 0.3) is 11.0 Å². The topological polar surface area (TPSA) is 93.1 Å². The molecule has 0 saturated heterocycles. The van der Waals surface area contributed by atoms with Crippen molar-refractivity contribution in [1.29, 1.82) is 0 Å². The maximum atomic E-state index is 13.5. The zero-order valence-electron chi connectivity index (χ0n) is 17.0. The fourth-order valence-electron chi connectivity index (χ4n) is 3.90. The number of aliphatic hydroxyl groups is 1. The number of nitrogens with zero attached hydrogens (tertiary/aromatic N) is 1. The molecule has 0 saturated carbocycles. The second-order valence-electron chi connectivity index (χ2n) is 7.30. The molecule has 1 aliphatic rings. The number of Topliss-reactive ketones (excluding diaryl/α,β-unsaturated/α-hetero) is 1. The Bertz CT molecular complexity index is 1420. The lowest BCUT2D eigenvalue weighted by atomic mass is 9.99. The van der Waals surface area contributed by atoms with E-state index in [-0.39, 0.29) is 22.8 Å². The molecule has 33 heavy (non-hydrogen) atoms. The van der Waals surface area contributed by atoms with Gasteiger partial charge in [-0.15, -0.1) is 0 Å². The number of methoxy groups -OCH3 is 1. The summed E-state index contributed by atoms with van der Waals surface area (Å²) in [6.07, 6.45) is 1.38. The van der Waals surface area contributed by atoms with E-state index < -0.39 is 29.3 Å². The number of furan rings is 2. The first-order valence-electron chi connectivity index (χ1n) is 9.76. The standard InChI is InChI=1S/C24H15ClFNO6/c1-31-18-11-13(25)9-12-10-17(33-23(12)18)21(28)19-20(16-3-2-8-32-16)27(24(30)22(19)29)15-6-4-14(26)5-7-15/h2-11,20,29H,1H3. The first-order chi connectivity index (χ1) is 15.9. The van der Waals surface area contributed by atoms with Gasteiger partial charge in [-0.2, -0.15) is 0 Å². The van der Waals surface area contributed by atoms with Gasteiger partial charge >= 0.3 is 0 Å². The van der Waals surface area contributed by atoms with Gasteiger partial charge in [0.05, 0.1) is 18.9 Å². The lowest BCUT2D eigenvalue weighted by Gasteiger charge is -2.24. The van der Waals surface area contributed by atoms with Crippen molar-refractivity contribution in [3.63, 3.8) is 0 Å². The van der Waals surface area contributed by atoms with Crippen LogP contribution in [0.15, 0.2) is 81.0 Å². The van der Waals surface area contributed by atoms with Crippen LogP contribution in [-0.4, -0.2) is 23.9 Å². The van der Waals surface area contributed by atoms with Crippen LogP contribution in [0.4, 0.5) is 10.1 Å². The molecule has 0 spiro atoms. The third-order valence-electron chi connectivity index (χ3n) is 5.36. The number of carbonyl (C=O) groups excluding carboxylic acids is 2. The van der Waals surface area contributed by atoms with Crippen LogP contribution >= 0.6 is 11.6 Å². The number of rotatable bonds is 5. The van der Waals surface area contributed by atoms with Crippen molar-refractivity contribution in [2.24, 2.45) is 0 Å². The number of halogens is 2. The van der Waals surface area contributed by atoms with Gasteiger partial charge in [-0.25, -0.2) is 4.39 Å². The molecule has 166 valence electrons. The Morgan fingerprint density at radius 2 is 1.94 bits per heavy atom. The van der Waals surface area contributed by atoms with E-state index in [9.17, 15) is 19.1 Å². The average molecular weight is 468 g/mol. The van der Waals surface area contributed by atoms with E-state index in [1.165, 1.54) is 48.6 Å². The Kier molecular flexibility index (Phi) is 4.94. The molecule has 2 aromatic carbocycles. The van der Waals surface area contributed by atoms with Crippen LogP contribution in [0.3, 0.4) is 0 Å². The Balaban J connectivity index is 1.64. The van der Waals surface area contributed by atoms with Gasteiger partial charge in [-0.1, -0.05) is 11.6 Å². The number of hydrogen-bond acceptors (Lipinski definition) is 6. The Morgan fingerprint density at radius 3 is 2.61 bits per heavy atom. The molecule has 0 aliphatic carbocycles. The number of ketones is 1. The lowest BCUT2D eigenvalue weighted by Crippen LogP contribution is -2.30. The van der Waals surface area contributed by atoms with Crippen LogP contribution in [0.1, 0.15) is 22.4 Å². The van der Waals surface area contributed by atoms with Gasteiger partial charge < -0.3 is 18.7 Å². The second kappa shape index (κ2) is 7.83. The highest BCUT2D eigenvalue weighted by Crippen LogP contribution is 2.43. The minimum atomic E-state index is -1.09. The van der Waals surface area contributed by atoms with E-state index in [1.807, 2.05) is 0 Å². The molecule has 1 aliphatic heterocycles. The van der Waals surface area contributed by atoms with E-state index in [0.29, 0.717) is 21.7 Å². The van der Waals surface area contributed by atoms with Crippen molar-refractivity contribution in [3.05, 3.63) is 94.6 Å². The third-order valence-corrected chi connectivity index (χ3v) is 5.58. The van der Waals surface area contributed by atoms with Crippen LogP contribution < -0.4 is 9.64 Å². The largest absolute Gasteiger partial charge is 0.503 e. The highest BCUT2D eigenvalue weighted by molar-refractivity contribution is 6.31. The molecule has 9 heteroatoms. The summed E-state index contributed by atoms with van der Waals surface area (Å²) in [5.74, 6) is -2.37. The first-order valence-corrected chi connectivity index (χ1v) is 10.1. The van der Waals surface area contributed by atoms with E-state index in [1.54, 1.807) is 24.3 Å². The van der Waals surface area contributed by atoms with Gasteiger partial charge in [0.15, 0.2) is 22.9 Å². The zero-order chi connectivity index (χ0) is 23.3. The second-order valence-corrected chi connectivity index (χ2v) is 7.73. The molecule has 0 radical (unpaired) electrons. The molecular formula is C24H15ClFNO6. The van der Waals surface area contributed by atoms with Crippen LogP contribution in [0.5, 0.6) is 5.75 Å². The van der Waals surface area contributed by atoms with Gasteiger partial charge in [0, 0.05) is 22.2 Å². The van der Waals surface area contributed by atoms with Crippen molar-refractivity contribution >= 4 is 39.9 Å². The predicted octanol–water partition coefficient (Wildman–Crippen LogP) is 5.61. The molecule has 7 nitrogen and oxygen atoms in total. The van der Waals surface area contributed by atoms with Crippen LogP contribution in [-0.2, 0) is 4.79 Å². The smallest absolute Gasteiger partial charge is 0.294 e. The van der Waals surface area contributed by atoms with Gasteiger partial charge in [0.25, 0.3) is 5.91 Å². The van der Waals surface area contributed by atoms with Crippen molar-refractivity contribution in [1.82, 2.24) is 0 Å². The summed E-state index contributed by atoms with van der Waals surface area (Å²) >= 11 is 6.10. The van der Waals surface area contributed by atoms with E-state index in [4.69, 9.17) is 25.2 Å². The number of aliphatic hydroxyl groups excluding tert-OH is 1. The van der Waals surface area contributed by atoms with E-state index in [2.05, 4.69) is 0 Å². The summed E-state index contributed by atoms with van der Waals surface area (Å²) in [6, 6.07) is 11.8. The van der Waals surface area contributed by atoms with Gasteiger partial charge in [-0.3, -0.25) is 14.5 Å². The average Bonchev–Trinajstić information content (AvgIpc) is 3.53. The number of carbonyl (C=O) groups is 2. The fourth-order valence-corrected chi connectivity index (χ4v) is 4.12. The molecule has 0 fully saturated rings. The fraction of sp³-hybridized carbons (Fsp3) is 0.0833. The Labute approximate surface area is 191 Å². The molecule has 1 atom stereocenters. The van der Waals surface area contributed by atoms with E-state index in [0.717, 1.165) is 0 Å². The highest BCUT2D eigenvalue weighted by Gasteiger charge is 2.46. The monoisotopic (exact) mass is 467 g/mol. The first kappa shape index (κ1) is 20.8. The summed E-state index contributed by atoms with van der Waals surface area (Å²) in [5.41, 5.74) is 0.332. The van der Waals surface area contributed by atoms with Crippen molar-refractivity contribution in [3.8, 4) is 5.75 Å². The quantitative estimate of drug-likeness (QED) is 0.383. The minimum Gasteiger partial charge on any atom is -0.503 e. The maximum Gasteiger partial charge on any atom is 0.294 e. The third kappa shape index (κ3) is 3.35. The molecule has 5 rings (SSSR count). The molecule has 1 amide bonds. The predicted molar refractivity (Wildman–Crippen MR) is 117 cm³/mol. The summed E-state index contributed by atoms with van der Waals surface area (Å²) in [7, 11) is 1.44. The number of amides is 1. The number of ether oxygens (including phenoxy) is 1. The Morgan fingerprint density at radius 1 is 1.18 bits per heavy atom. The van der Waals surface area contributed by atoms with Crippen LogP contribution in [0, 0.1) is 5.82 Å². The van der Waals surface area contributed by atoms with Crippen molar-refractivity contribution in [2.75, 3.05) is 12.0 Å². The van der Waals surface area contributed by atoms with Crippen molar-refractivity contribution in [2.45, 2.75) is 6.04 Å². The number of hydrogen-bond donors (Lipinski definition) is 1. The highest BCUT2D eigenvalue weighted by atomic mass is 35.5. The number of fused-ring (bicyclic) bond motifs is 1. The van der Waals surface area contributed by atoms with Crippen LogP contribution in [0.2, 0.25) is 5.02 Å². The number of benzene rings is 2. The molecule has 4 aromatic rings.